The fourth-order valence-electron chi connectivity index (χ4n) is 3.79. The van der Waals surface area contributed by atoms with Crippen molar-refractivity contribution in [3.05, 3.63) is 45.9 Å². The van der Waals surface area contributed by atoms with Crippen LogP contribution in [0.4, 0.5) is 0 Å². The van der Waals surface area contributed by atoms with Gasteiger partial charge in [0.15, 0.2) is 5.96 Å². The molecule has 1 fully saturated rings. The number of aliphatic imine (C=N–C) groups is 1. The molecule has 1 saturated heterocycles. The van der Waals surface area contributed by atoms with Crippen LogP contribution in [0, 0.1) is 6.92 Å². The van der Waals surface area contributed by atoms with Gasteiger partial charge in [-0.05, 0) is 63.9 Å². The molecule has 1 aliphatic rings. The Balaban J connectivity index is 0.00000341. The molecule has 0 bridgehead atoms. The maximum Gasteiger partial charge on any atom is 0.191 e. The first-order chi connectivity index (χ1) is 14.7. The molecule has 2 aromatic rings. The normalized spacial score (nSPS) is 15.4. The number of hydrogen-bond donors (Lipinski definition) is 2. The van der Waals surface area contributed by atoms with Gasteiger partial charge in [-0.25, -0.2) is 4.98 Å². The third-order valence-corrected chi connectivity index (χ3v) is 6.40. The molecule has 1 aliphatic heterocycles. The fraction of sp³-hybridized carbons (Fsp3) is 0.565. The van der Waals surface area contributed by atoms with Crippen LogP contribution in [-0.2, 0) is 6.42 Å². The van der Waals surface area contributed by atoms with Gasteiger partial charge in [0.25, 0.3) is 0 Å². The molecule has 1 atom stereocenters. The van der Waals surface area contributed by atoms with E-state index in [4.69, 9.17) is 9.73 Å². The van der Waals surface area contributed by atoms with E-state index in [1.54, 1.807) is 18.4 Å². The van der Waals surface area contributed by atoms with Crippen molar-refractivity contribution in [2.24, 2.45) is 4.99 Å². The highest BCUT2D eigenvalue weighted by Gasteiger charge is 2.23. The van der Waals surface area contributed by atoms with Gasteiger partial charge in [-0.2, -0.15) is 0 Å². The topological polar surface area (TPSA) is 61.8 Å². The summed E-state index contributed by atoms with van der Waals surface area (Å²) in [6, 6.07) is 8.74. The molecule has 3 rings (SSSR count). The molecule has 1 aromatic carbocycles. The zero-order valence-corrected chi connectivity index (χ0v) is 22.0. The van der Waals surface area contributed by atoms with Crippen LogP contribution in [0.25, 0.3) is 0 Å². The third kappa shape index (κ3) is 8.23. The van der Waals surface area contributed by atoms with E-state index in [2.05, 4.69) is 45.0 Å². The van der Waals surface area contributed by atoms with E-state index in [1.165, 1.54) is 23.4 Å². The average molecular weight is 558 g/mol. The van der Waals surface area contributed by atoms with Crippen molar-refractivity contribution in [2.45, 2.75) is 45.6 Å². The summed E-state index contributed by atoms with van der Waals surface area (Å²) < 4.78 is 5.33. The summed E-state index contributed by atoms with van der Waals surface area (Å²) in [5.74, 6) is 1.79. The Labute approximate surface area is 207 Å². The van der Waals surface area contributed by atoms with Gasteiger partial charge in [-0.15, -0.1) is 35.3 Å². The predicted molar refractivity (Wildman–Crippen MR) is 141 cm³/mol. The van der Waals surface area contributed by atoms with Crippen LogP contribution < -0.4 is 15.4 Å². The monoisotopic (exact) mass is 557 g/mol. The first-order valence-corrected chi connectivity index (χ1v) is 11.9. The molecule has 31 heavy (non-hydrogen) atoms. The molecule has 6 nitrogen and oxygen atoms in total. The Morgan fingerprint density at radius 1 is 1.23 bits per heavy atom. The highest BCUT2D eigenvalue weighted by Crippen LogP contribution is 2.27. The van der Waals surface area contributed by atoms with Crippen molar-refractivity contribution in [3.63, 3.8) is 0 Å². The lowest BCUT2D eigenvalue weighted by Crippen LogP contribution is -2.39. The minimum absolute atomic E-state index is 0. The number of aryl methyl sites for hydroxylation is 2. The number of benzene rings is 1. The van der Waals surface area contributed by atoms with Crippen LogP contribution in [0.15, 0.2) is 34.6 Å². The lowest BCUT2D eigenvalue weighted by molar-refractivity contribution is 0.251. The molecule has 172 valence electrons. The fourth-order valence-corrected chi connectivity index (χ4v) is 4.61. The number of nitrogens with one attached hydrogen (secondary N) is 2. The Bertz CT molecular complexity index is 790. The first-order valence-electron chi connectivity index (χ1n) is 11.0. The van der Waals surface area contributed by atoms with Crippen molar-refractivity contribution < 1.29 is 4.74 Å². The summed E-state index contributed by atoms with van der Waals surface area (Å²) in [4.78, 5) is 12.0. The maximum atomic E-state index is 5.33. The lowest BCUT2D eigenvalue weighted by atomic mass is 10.1. The van der Waals surface area contributed by atoms with Crippen LogP contribution in [-0.4, -0.2) is 55.7 Å². The van der Waals surface area contributed by atoms with Crippen LogP contribution in [0.3, 0.4) is 0 Å². The highest BCUT2D eigenvalue weighted by atomic mass is 127. The van der Waals surface area contributed by atoms with Gasteiger partial charge in [0.2, 0.25) is 0 Å². The molecule has 2 heterocycles. The zero-order chi connectivity index (χ0) is 21.2. The lowest BCUT2D eigenvalue weighted by Gasteiger charge is -2.27. The number of likely N-dealkylation sites (tertiary alicyclic amines) is 1. The molecule has 1 unspecified atom stereocenters. The Morgan fingerprint density at radius 2 is 1.97 bits per heavy atom. The summed E-state index contributed by atoms with van der Waals surface area (Å²) >= 11 is 1.75. The van der Waals surface area contributed by atoms with E-state index >= 15 is 0 Å². The van der Waals surface area contributed by atoms with Gasteiger partial charge in [0.1, 0.15) is 5.75 Å². The molecule has 0 aliphatic carbocycles. The zero-order valence-electron chi connectivity index (χ0n) is 18.9. The van der Waals surface area contributed by atoms with Gasteiger partial charge in [-0.1, -0.05) is 12.1 Å². The smallest absolute Gasteiger partial charge is 0.191 e. The van der Waals surface area contributed by atoms with E-state index < -0.39 is 0 Å². The van der Waals surface area contributed by atoms with Crippen LogP contribution in [0.5, 0.6) is 5.75 Å². The summed E-state index contributed by atoms with van der Waals surface area (Å²) in [6.07, 6.45) is 4.59. The molecule has 8 heteroatoms. The Hall–Kier alpha value is -1.39. The molecular formula is C23H36IN5OS. The average Bonchev–Trinajstić information content (AvgIpc) is 3.44. The first kappa shape index (κ1) is 25.9. The minimum atomic E-state index is 0. The Kier molecular flexibility index (Phi) is 11.6. The quantitative estimate of drug-likeness (QED) is 0.196. The van der Waals surface area contributed by atoms with Gasteiger partial charge in [0, 0.05) is 30.6 Å². The summed E-state index contributed by atoms with van der Waals surface area (Å²) in [6.45, 7) is 8.93. The van der Waals surface area contributed by atoms with Crippen molar-refractivity contribution >= 4 is 41.3 Å². The number of nitrogens with zero attached hydrogens (tertiary/aromatic N) is 3. The second kappa shape index (κ2) is 13.9. The predicted octanol–water partition coefficient (Wildman–Crippen LogP) is 4.40. The molecule has 0 amide bonds. The van der Waals surface area contributed by atoms with E-state index in [1.807, 2.05) is 19.1 Å². The van der Waals surface area contributed by atoms with E-state index in [9.17, 15) is 0 Å². The molecule has 1 aromatic heterocycles. The minimum Gasteiger partial charge on any atom is -0.497 e. The molecule has 0 spiro atoms. The maximum absolute atomic E-state index is 5.33. The van der Waals surface area contributed by atoms with Crippen molar-refractivity contribution in [1.29, 1.82) is 0 Å². The van der Waals surface area contributed by atoms with E-state index in [0.29, 0.717) is 6.04 Å². The van der Waals surface area contributed by atoms with Crippen LogP contribution in [0.2, 0.25) is 0 Å². The number of halogens is 1. The van der Waals surface area contributed by atoms with E-state index in [0.717, 1.165) is 63.0 Å². The SMILES string of the molecule is CCNC(=NCC(c1ccc(OC)cc1)N1CCCC1)NCCCc1nc(C)cs1.I. The standard InChI is InChI=1S/C23H35N5OS.HI/c1-4-24-23(25-13-7-8-22-27-18(2)17-30-22)26-16-21(28-14-5-6-15-28)19-9-11-20(29-3)12-10-19;/h9-12,17,21H,4-8,13-16H2,1-3H3,(H2,24,25,26);1H. The second-order valence-electron chi connectivity index (χ2n) is 7.66. The van der Waals surface area contributed by atoms with Gasteiger partial charge >= 0.3 is 0 Å². The number of hydrogen-bond acceptors (Lipinski definition) is 5. The molecular weight excluding hydrogens is 521 g/mol. The number of rotatable bonds is 10. The number of ether oxygens (including phenoxy) is 1. The largest absolute Gasteiger partial charge is 0.497 e. The van der Waals surface area contributed by atoms with Crippen LogP contribution >= 0.6 is 35.3 Å². The number of methoxy groups -OCH3 is 1. The van der Waals surface area contributed by atoms with Gasteiger partial charge in [0.05, 0.1) is 24.7 Å². The number of aromatic nitrogens is 1. The number of guanidine groups is 1. The summed E-state index contributed by atoms with van der Waals surface area (Å²) in [5, 5.41) is 10.2. The number of thiazole rings is 1. The summed E-state index contributed by atoms with van der Waals surface area (Å²) in [7, 11) is 1.71. The Morgan fingerprint density at radius 3 is 2.58 bits per heavy atom. The van der Waals surface area contributed by atoms with Crippen molar-refractivity contribution in [3.8, 4) is 5.75 Å². The van der Waals surface area contributed by atoms with Crippen LogP contribution in [0.1, 0.15) is 48.5 Å². The highest BCUT2D eigenvalue weighted by molar-refractivity contribution is 14.0. The van der Waals surface area contributed by atoms with Crippen molar-refractivity contribution in [2.75, 3.05) is 39.8 Å². The van der Waals surface area contributed by atoms with E-state index in [-0.39, 0.29) is 24.0 Å². The molecule has 0 saturated carbocycles. The second-order valence-corrected chi connectivity index (χ2v) is 8.61. The van der Waals surface area contributed by atoms with Gasteiger partial charge in [-0.3, -0.25) is 9.89 Å². The molecule has 2 N–H and O–H groups in total. The third-order valence-electron chi connectivity index (χ3n) is 5.37. The van der Waals surface area contributed by atoms with Gasteiger partial charge < -0.3 is 15.4 Å². The molecule has 0 radical (unpaired) electrons. The summed E-state index contributed by atoms with van der Waals surface area (Å²) in [5.41, 5.74) is 2.42. The van der Waals surface area contributed by atoms with Crippen molar-refractivity contribution in [1.82, 2.24) is 20.5 Å².